The molecule has 0 spiro atoms. The Balaban J connectivity index is 2.59. The molecule has 0 saturated carbocycles. The zero-order valence-corrected chi connectivity index (χ0v) is 11.4. The van der Waals surface area contributed by atoms with Crippen LogP contribution in [-0.4, -0.2) is 52.8 Å². The van der Waals surface area contributed by atoms with Crippen molar-refractivity contribution >= 4 is 17.5 Å². The van der Waals surface area contributed by atoms with Gasteiger partial charge < -0.3 is 15.5 Å². The molecule has 0 aliphatic carbocycles. The van der Waals surface area contributed by atoms with Gasteiger partial charge in [0.2, 0.25) is 5.82 Å². The number of aromatic nitrogens is 2. The number of anilines is 1. The second-order valence-corrected chi connectivity index (χ2v) is 4.22. The van der Waals surface area contributed by atoms with Crippen molar-refractivity contribution in [2.24, 2.45) is 7.05 Å². The summed E-state index contributed by atoms with van der Waals surface area (Å²) in [7, 11) is 4.90. The van der Waals surface area contributed by atoms with Gasteiger partial charge >= 0.3 is 11.7 Å². The highest BCUT2D eigenvalue weighted by Gasteiger charge is 2.23. The van der Waals surface area contributed by atoms with Crippen LogP contribution in [-0.2, 0) is 7.05 Å². The maximum atomic E-state index is 11.3. The first-order valence-electron chi connectivity index (χ1n) is 5.71. The lowest BCUT2D eigenvalue weighted by atomic mass is 10.4. The van der Waals surface area contributed by atoms with Crippen LogP contribution in [0, 0.1) is 17.0 Å². The van der Waals surface area contributed by atoms with Gasteiger partial charge in [0.05, 0.1) is 4.92 Å². The molecule has 9 nitrogen and oxygen atoms in total. The number of hydrogen-bond donors (Lipinski definition) is 2. The van der Waals surface area contributed by atoms with E-state index in [1.54, 1.807) is 28.1 Å². The average molecular weight is 270 g/mol. The fraction of sp³-hybridized carbons (Fsp3) is 0.600. The third-order valence-corrected chi connectivity index (χ3v) is 2.47. The van der Waals surface area contributed by atoms with Gasteiger partial charge in [0.25, 0.3) is 0 Å². The van der Waals surface area contributed by atoms with Crippen molar-refractivity contribution in [1.82, 2.24) is 20.0 Å². The van der Waals surface area contributed by atoms with E-state index < -0.39 is 4.92 Å². The van der Waals surface area contributed by atoms with Crippen molar-refractivity contribution in [3.63, 3.8) is 0 Å². The fourth-order valence-electron chi connectivity index (χ4n) is 1.57. The molecule has 0 radical (unpaired) electrons. The molecule has 106 valence electrons. The number of urea groups is 1. The Labute approximate surface area is 110 Å². The molecule has 19 heavy (non-hydrogen) atoms. The van der Waals surface area contributed by atoms with Crippen LogP contribution >= 0.6 is 0 Å². The summed E-state index contributed by atoms with van der Waals surface area (Å²) in [4.78, 5) is 23.1. The van der Waals surface area contributed by atoms with Gasteiger partial charge in [-0.15, -0.1) is 0 Å². The largest absolute Gasteiger partial charge is 0.363 e. The topological polar surface area (TPSA) is 105 Å². The maximum absolute atomic E-state index is 11.3. The van der Waals surface area contributed by atoms with Crippen LogP contribution in [0.1, 0.15) is 5.69 Å². The zero-order valence-electron chi connectivity index (χ0n) is 11.4. The highest BCUT2D eigenvalue weighted by Crippen LogP contribution is 2.26. The molecule has 0 aliphatic rings. The normalized spacial score (nSPS) is 10.1. The van der Waals surface area contributed by atoms with Gasteiger partial charge in [0.1, 0.15) is 5.69 Å². The highest BCUT2D eigenvalue weighted by molar-refractivity contribution is 5.73. The average Bonchev–Trinajstić information content (AvgIpc) is 2.58. The lowest BCUT2D eigenvalue weighted by molar-refractivity contribution is -0.384. The number of amides is 2. The van der Waals surface area contributed by atoms with Gasteiger partial charge in [-0.1, -0.05) is 0 Å². The van der Waals surface area contributed by atoms with Gasteiger partial charge in [-0.25, -0.2) is 9.48 Å². The summed E-state index contributed by atoms with van der Waals surface area (Å²) in [6.07, 6.45) is 0. The first-order chi connectivity index (χ1) is 8.84. The van der Waals surface area contributed by atoms with Crippen molar-refractivity contribution in [3.8, 4) is 0 Å². The Morgan fingerprint density at radius 3 is 2.63 bits per heavy atom. The van der Waals surface area contributed by atoms with E-state index in [0.717, 1.165) is 0 Å². The van der Waals surface area contributed by atoms with Gasteiger partial charge in [-0.3, -0.25) is 10.1 Å². The molecule has 0 bridgehead atoms. The van der Waals surface area contributed by atoms with Crippen molar-refractivity contribution in [1.29, 1.82) is 0 Å². The molecule has 0 fully saturated rings. The monoisotopic (exact) mass is 270 g/mol. The van der Waals surface area contributed by atoms with Crippen LogP contribution in [0.25, 0.3) is 0 Å². The molecule has 0 unspecified atom stereocenters. The minimum atomic E-state index is -0.469. The molecule has 2 amide bonds. The van der Waals surface area contributed by atoms with Crippen molar-refractivity contribution in [2.45, 2.75) is 6.92 Å². The van der Waals surface area contributed by atoms with E-state index in [9.17, 15) is 14.9 Å². The fourth-order valence-corrected chi connectivity index (χ4v) is 1.57. The van der Waals surface area contributed by atoms with E-state index in [0.29, 0.717) is 24.6 Å². The number of nitrogens with one attached hydrogen (secondary N) is 2. The van der Waals surface area contributed by atoms with E-state index in [1.807, 2.05) is 0 Å². The second kappa shape index (κ2) is 6.03. The zero-order chi connectivity index (χ0) is 14.6. The van der Waals surface area contributed by atoms with Crippen LogP contribution in [0.4, 0.5) is 16.3 Å². The summed E-state index contributed by atoms with van der Waals surface area (Å²) in [5.74, 6) is 0.335. The SMILES string of the molecule is Cc1nn(C)c(NCCNC(=O)N(C)C)c1[N+](=O)[O-]. The molecule has 2 N–H and O–H groups in total. The third-order valence-electron chi connectivity index (χ3n) is 2.47. The Kier molecular flexibility index (Phi) is 4.67. The minimum absolute atomic E-state index is 0.0403. The minimum Gasteiger partial charge on any atom is -0.363 e. The molecular formula is C10H18N6O3. The van der Waals surface area contributed by atoms with Crippen molar-refractivity contribution in [3.05, 3.63) is 15.8 Å². The highest BCUT2D eigenvalue weighted by atomic mass is 16.6. The van der Waals surface area contributed by atoms with E-state index in [4.69, 9.17) is 0 Å². The number of hydrogen-bond acceptors (Lipinski definition) is 5. The van der Waals surface area contributed by atoms with Crippen LogP contribution in [0.15, 0.2) is 0 Å². The molecule has 1 aromatic rings. The van der Waals surface area contributed by atoms with Gasteiger partial charge in [0.15, 0.2) is 0 Å². The molecule has 0 aliphatic heterocycles. The number of carbonyl (C=O) groups is 1. The number of aryl methyl sites for hydroxylation is 2. The number of carbonyl (C=O) groups excluding carboxylic acids is 1. The molecule has 0 atom stereocenters. The summed E-state index contributed by atoms with van der Waals surface area (Å²) >= 11 is 0. The first kappa shape index (κ1) is 14.7. The predicted molar refractivity (Wildman–Crippen MR) is 70.2 cm³/mol. The number of nitrogens with zero attached hydrogens (tertiary/aromatic N) is 4. The van der Waals surface area contributed by atoms with E-state index in [1.165, 1.54) is 9.58 Å². The maximum Gasteiger partial charge on any atom is 0.333 e. The van der Waals surface area contributed by atoms with Crippen molar-refractivity contribution < 1.29 is 9.72 Å². The van der Waals surface area contributed by atoms with Gasteiger partial charge in [-0.05, 0) is 6.92 Å². The molecule has 1 heterocycles. The molecule has 1 aromatic heterocycles. The Morgan fingerprint density at radius 1 is 1.47 bits per heavy atom. The number of rotatable bonds is 5. The Morgan fingerprint density at radius 2 is 2.11 bits per heavy atom. The second-order valence-electron chi connectivity index (χ2n) is 4.22. The summed E-state index contributed by atoms with van der Waals surface area (Å²) in [6, 6.07) is -0.211. The van der Waals surface area contributed by atoms with Crippen LogP contribution < -0.4 is 10.6 Å². The predicted octanol–water partition coefficient (Wildman–Crippen LogP) is 0.320. The molecule has 0 saturated heterocycles. The molecule has 0 aromatic carbocycles. The van der Waals surface area contributed by atoms with Crippen LogP contribution in [0.2, 0.25) is 0 Å². The number of nitro groups is 1. The van der Waals surface area contributed by atoms with E-state index >= 15 is 0 Å². The van der Waals surface area contributed by atoms with E-state index in [-0.39, 0.29) is 11.7 Å². The Bertz CT molecular complexity index is 482. The third kappa shape index (κ3) is 3.57. The smallest absolute Gasteiger partial charge is 0.333 e. The molecule has 1 rings (SSSR count). The molecule has 9 heteroatoms. The summed E-state index contributed by atoms with van der Waals surface area (Å²) < 4.78 is 1.42. The van der Waals surface area contributed by atoms with Crippen LogP contribution in [0.3, 0.4) is 0 Å². The summed E-state index contributed by atoms with van der Waals surface area (Å²) in [5.41, 5.74) is 0.314. The molecular weight excluding hydrogens is 252 g/mol. The van der Waals surface area contributed by atoms with Gasteiger partial charge in [0, 0.05) is 34.2 Å². The lowest BCUT2D eigenvalue weighted by Gasteiger charge is -2.12. The first-order valence-corrected chi connectivity index (χ1v) is 5.71. The van der Waals surface area contributed by atoms with Crippen LogP contribution in [0.5, 0.6) is 0 Å². The van der Waals surface area contributed by atoms with Crippen molar-refractivity contribution in [2.75, 3.05) is 32.5 Å². The summed E-state index contributed by atoms with van der Waals surface area (Å²) in [5, 5.41) is 20.5. The Hall–Kier alpha value is -2.32. The standard InChI is InChI=1S/C10H18N6O3/c1-7-8(16(18)19)9(15(4)13-7)11-5-6-12-10(17)14(2)3/h11H,5-6H2,1-4H3,(H,12,17). The van der Waals surface area contributed by atoms with Gasteiger partial charge in [-0.2, -0.15) is 5.10 Å². The quantitative estimate of drug-likeness (QED) is 0.455. The van der Waals surface area contributed by atoms with E-state index in [2.05, 4.69) is 15.7 Å². The lowest BCUT2D eigenvalue weighted by Crippen LogP contribution is -2.37. The summed E-state index contributed by atoms with van der Waals surface area (Å²) in [6.45, 7) is 2.31.